The third kappa shape index (κ3) is 3.54. The third-order valence-corrected chi connectivity index (χ3v) is 2.84. The average Bonchev–Trinajstić information content (AvgIpc) is 2.81. The van der Waals surface area contributed by atoms with Crippen LogP contribution in [0, 0.1) is 5.92 Å². The molecule has 0 aliphatic rings. The minimum Gasteiger partial charge on any atom is -0.334 e. The van der Waals surface area contributed by atoms with Gasteiger partial charge in [-0.2, -0.15) is 15.4 Å². The van der Waals surface area contributed by atoms with Crippen LogP contribution in [0.2, 0.25) is 0 Å². The van der Waals surface area contributed by atoms with Crippen molar-refractivity contribution in [2.24, 2.45) is 5.92 Å². The SMILES string of the molecule is CCC(CC)N(CC(C)C)C(=O)c1cn[nH]n1. The summed E-state index contributed by atoms with van der Waals surface area (Å²) >= 11 is 0. The summed E-state index contributed by atoms with van der Waals surface area (Å²) < 4.78 is 0. The molecular formula is C12H22N4O. The number of aromatic amines is 1. The summed E-state index contributed by atoms with van der Waals surface area (Å²) in [4.78, 5) is 14.2. The number of carbonyl (C=O) groups is 1. The second-order valence-corrected chi connectivity index (χ2v) is 4.68. The van der Waals surface area contributed by atoms with Gasteiger partial charge in [-0.25, -0.2) is 0 Å². The van der Waals surface area contributed by atoms with Gasteiger partial charge >= 0.3 is 0 Å². The maximum atomic E-state index is 12.3. The van der Waals surface area contributed by atoms with Crippen LogP contribution in [0.5, 0.6) is 0 Å². The zero-order valence-electron chi connectivity index (χ0n) is 11.1. The zero-order valence-corrected chi connectivity index (χ0v) is 11.1. The van der Waals surface area contributed by atoms with Crippen LogP contribution in [0.15, 0.2) is 6.20 Å². The molecule has 1 N–H and O–H groups in total. The van der Waals surface area contributed by atoms with Crippen LogP contribution in [0.1, 0.15) is 51.0 Å². The molecule has 1 heterocycles. The van der Waals surface area contributed by atoms with Crippen LogP contribution in [0.3, 0.4) is 0 Å². The van der Waals surface area contributed by atoms with E-state index in [4.69, 9.17) is 0 Å². The Morgan fingerprint density at radius 3 is 2.47 bits per heavy atom. The summed E-state index contributed by atoms with van der Waals surface area (Å²) in [5, 5.41) is 10.0. The lowest BCUT2D eigenvalue weighted by atomic mass is 10.1. The Balaban J connectivity index is 2.85. The molecule has 0 spiro atoms. The molecular weight excluding hydrogens is 216 g/mol. The van der Waals surface area contributed by atoms with Crippen molar-refractivity contribution in [1.29, 1.82) is 0 Å². The molecule has 96 valence electrons. The molecule has 5 heteroatoms. The molecule has 0 aromatic carbocycles. The van der Waals surface area contributed by atoms with Crippen molar-refractivity contribution in [3.05, 3.63) is 11.9 Å². The average molecular weight is 238 g/mol. The molecule has 0 unspecified atom stereocenters. The highest BCUT2D eigenvalue weighted by Crippen LogP contribution is 2.14. The first-order valence-electron chi connectivity index (χ1n) is 6.26. The van der Waals surface area contributed by atoms with Gasteiger partial charge in [-0.05, 0) is 18.8 Å². The van der Waals surface area contributed by atoms with E-state index in [0.29, 0.717) is 11.6 Å². The number of amides is 1. The van der Waals surface area contributed by atoms with E-state index in [1.54, 1.807) is 0 Å². The van der Waals surface area contributed by atoms with Gasteiger partial charge in [0.05, 0.1) is 6.20 Å². The Kier molecular flexibility index (Phi) is 5.12. The Morgan fingerprint density at radius 1 is 1.41 bits per heavy atom. The van der Waals surface area contributed by atoms with E-state index in [1.165, 1.54) is 6.20 Å². The molecule has 5 nitrogen and oxygen atoms in total. The molecule has 0 aliphatic carbocycles. The van der Waals surface area contributed by atoms with Crippen LogP contribution in [0.25, 0.3) is 0 Å². The monoisotopic (exact) mass is 238 g/mol. The molecule has 17 heavy (non-hydrogen) atoms. The quantitative estimate of drug-likeness (QED) is 0.825. The van der Waals surface area contributed by atoms with Gasteiger partial charge in [0.25, 0.3) is 5.91 Å². The molecule has 1 aromatic rings. The van der Waals surface area contributed by atoms with Crippen molar-refractivity contribution in [1.82, 2.24) is 20.3 Å². The molecule has 1 aromatic heterocycles. The van der Waals surface area contributed by atoms with E-state index in [9.17, 15) is 4.79 Å². The molecule has 0 aliphatic heterocycles. The normalized spacial score (nSPS) is 11.2. The largest absolute Gasteiger partial charge is 0.334 e. The highest BCUT2D eigenvalue weighted by molar-refractivity contribution is 5.92. The van der Waals surface area contributed by atoms with Crippen LogP contribution in [0.4, 0.5) is 0 Å². The fraction of sp³-hybridized carbons (Fsp3) is 0.750. The van der Waals surface area contributed by atoms with Crippen molar-refractivity contribution < 1.29 is 4.79 Å². The first-order chi connectivity index (χ1) is 8.10. The van der Waals surface area contributed by atoms with Crippen molar-refractivity contribution in [3.8, 4) is 0 Å². The maximum Gasteiger partial charge on any atom is 0.276 e. The molecule has 0 bridgehead atoms. The van der Waals surface area contributed by atoms with Gasteiger partial charge in [0, 0.05) is 12.6 Å². The second kappa shape index (κ2) is 6.37. The summed E-state index contributed by atoms with van der Waals surface area (Å²) in [6.07, 6.45) is 3.41. The maximum absolute atomic E-state index is 12.3. The summed E-state index contributed by atoms with van der Waals surface area (Å²) in [5.74, 6) is 0.424. The van der Waals surface area contributed by atoms with E-state index in [2.05, 4.69) is 43.1 Å². The number of H-pyrrole nitrogens is 1. The zero-order chi connectivity index (χ0) is 12.8. The molecule has 1 amide bonds. The minimum atomic E-state index is -0.0267. The fourth-order valence-corrected chi connectivity index (χ4v) is 1.97. The summed E-state index contributed by atoms with van der Waals surface area (Å²) in [6.45, 7) is 9.21. The predicted octanol–water partition coefficient (Wildman–Crippen LogP) is 2.09. The first-order valence-corrected chi connectivity index (χ1v) is 6.26. The lowest BCUT2D eigenvalue weighted by molar-refractivity contribution is 0.0634. The van der Waals surface area contributed by atoms with E-state index >= 15 is 0 Å². The van der Waals surface area contributed by atoms with Crippen LogP contribution in [-0.2, 0) is 0 Å². The third-order valence-electron chi connectivity index (χ3n) is 2.84. The Hall–Kier alpha value is -1.39. The highest BCUT2D eigenvalue weighted by Gasteiger charge is 2.24. The number of hydrogen-bond acceptors (Lipinski definition) is 3. The van der Waals surface area contributed by atoms with E-state index in [1.807, 2.05) is 4.90 Å². The number of rotatable bonds is 6. The number of nitrogens with zero attached hydrogens (tertiary/aromatic N) is 3. The van der Waals surface area contributed by atoms with Gasteiger partial charge in [0.2, 0.25) is 0 Å². The number of aromatic nitrogens is 3. The Morgan fingerprint density at radius 2 is 2.06 bits per heavy atom. The van der Waals surface area contributed by atoms with Gasteiger partial charge < -0.3 is 4.90 Å². The Bertz CT molecular complexity index is 330. The van der Waals surface area contributed by atoms with Crippen LogP contribution < -0.4 is 0 Å². The highest BCUT2D eigenvalue weighted by atomic mass is 16.2. The van der Waals surface area contributed by atoms with Crippen LogP contribution in [-0.4, -0.2) is 38.8 Å². The number of hydrogen-bond donors (Lipinski definition) is 1. The first kappa shape index (κ1) is 13.7. The lowest BCUT2D eigenvalue weighted by Crippen LogP contribution is -2.42. The topological polar surface area (TPSA) is 61.9 Å². The van der Waals surface area contributed by atoms with E-state index in [0.717, 1.165) is 19.4 Å². The minimum absolute atomic E-state index is 0.0267. The molecule has 0 atom stereocenters. The Labute approximate surface area is 103 Å². The van der Waals surface area contributed by atoms with Crippen molar-refractivity contribution in [2.75, 3.05) is 6.54 Å². The van der Waals surface area contributed by atoms with Gasteiger partial charge in [-0.3, -0.25) is 4.79 Å². The smallest absolute Gasteiger partial charge is 0.276 e. The molecule has 0 saturated carbocycles. The van der Waals surface area contributed by atoms with Gasteiger partial charge in [-0.15, -0.1) is 0 Å². The lowest BCUT2D eigenvalue weighted by Gasteiger charge is -2.31. The van der Waals surface area contributed by atoms with Gasteiger partial charge in [0.15, 0.2) is 5.69 Å². The van der Waals surface area contributed by atoms with Crippen molar-refractivity contribution in [3.63, 3.8) is 0 Å². The van der Waals surface area contributed by atoms with Crippen molar-refractivity contribution in [2.45, 2.75) is 46.6 Å². The molecule has 0 fully saturated rings. The fourth-order valence-electron chi connectivity index (χ4n) is 1.97. The van der Waals surface area contributed by atoms with E-state index in [-0.39, 0.29) is 11.9 Å². The van der Waals surface area contributed by atoms with Gasteiger partial charge in [0.1, 0.15) is 0 Å². The van der Waals surface area contributed by atoms with Crippen LogP contribution >= 0.6 is 0 Å². The number of nitrogens with one attached hydrogen (secondary N) is 1. The van der Waals surface area contributed by atoms with Crippen molar-refractivity contribution >= 4 is 5.91 Å². The van der Waals surface area contributed by atoms with E-state index < -0.39 is 0 Å². The number of carbonyl (C=O) groups excluding carboxylic acids is 1. The summed E-state index contributed by atoms with van der Waals surface area (Å²) in [7, 11) is 0. The summed E-state index contributed by atoms with van der Waals surface area (Å²) in [6, 6.07) is 0.279. The molecule has 1 rings (SSSR count). The standard InChI is InChI=1S/C12H22N4O/c1-5-10(6-2)16(8-9(3)4)12(17)11-7-13-15-14-11/h7,9-10H,5-6,8H2,1-4H3,(H,13,14,15). The predicted molar refractivity (Wildman–Crippen MR) is 66.6 cm³/mol. The molecule has 0 radical (unpaired) electrons. The molecule has 0 saturated heterocycles. The van der Waals surface area contributed by atoms with Gasteiger partial charge in [-0.1, -0.05) is 27.7 Å². The second-order valence-electron chi connectivity index (χ2n) is 4.68. The summed E-state index contributed by atoms with van der Waals surface area (Å²) in [5.41, 5.74) is 0.401.